The third-order valence-electron chi connectivity index (χ3n) is 1.45. The quantitative estimate of drug-likeness (QED) is 0.673. The van der Waals surface area contributed by atoms with Gasteiger partial charge in [-0.05, 0) is 25.8 Å². The maximum absolute atomic E-state index is 7.88. The normalized spacial score (nSPS) is 28.7. The van der Waals surface area contributed by atoms with Crippen LogP contribution in [0.2, 0.25) is 0 Å². The topological polar surface area (TPSA) is 3.24 Å². The number of nitrogens with zero attached hydrogens (tertiary/aromatic N) is 1. The zero-order chi connectivity index (χ0) is 21.5. The van der Waals surface area contributed by atoms with Gasteiger partial charge in [0.2, 0.25) is 0 Å². The Morgan fingerprint density at radius 3 is 3.00 bits per heavy atom. The molecule has 74 valence electrons. The molecule has 0 aliphatic carbocycles. The standard InChI is InChI=1S/C13H17N/c1-4-10-14(3)12(2)11-13-8-6-5-7-9-13/h1,5-9,12H,10-11H2,2-3H3/t12-/m1/s1/i2D3,3D3,5D,6D,7D,8D,9D,10D2. The molecule has 1 aromatic rings. The van der Waals surface area contributed by atoms with E-state index in [1.807, 2.05) is 0 Å². The van der Waals surface area contributed by atoms with Crippen molar-refractivity contribution in [2.75, 3.05) is 13.5 Å². The van der Waals surface area contributed by atoms with Crippen LogP contribution in [-0.4, -0.2) is 24.4 Å². The highest BCUT2D eigenvalue weighted by atomic mass is 15.1. The minimum atomic E-state index is -3.26. The first-order valence-corrected chi connectivity index (χ1v) is 3.79. The number of benzene rings is 1. The predicted octanol–water partition coefficient (Wildman–Crippen LogP) is 2.18. The summed E-state index contributed by atoms with van der Waals surface area (Å²) in [5.41, 5.74) is -0.441. The van der Waals surface area contributed by atoms with Crippen LogP contribution in [0.1, 0.15) is 30.2 Å². The van der Waals surface area contributed by atoms with E-state index < -0.39 is 68.6 Å². The van der Waals surface area contributed by atoms with Crippen molar-refractivity contribution >= 4 is 0 Å². The van der Waals surface area contributed by atoms with Gasteiger partial charge in [0.15, 0.2) is 0 Å². The predicted molar refractivity (Wildman–Crippen MR) is 61.1 cm³/mol. The molecule has 0 N–H and O–H groups in total. The van der Waals surface area contributed by atoms with Crippen molar-refractivity contribution in [1.82, 2.24) is 4.90 Å². The van der Waals surface area contributed by atoms with Crippen LogP contribution >= 0.6 is 0 Å². The summed E-state index contributed by atoms with van der Waals surface area (Å²) in [6, 6.07) is -5.57. The summed E-state index contributed by atoms with van der Waals surface area (Å²) in [5, 5.41) is 0. The summed E-state index contributed by atoms with van der Waals surface area (Å²) in [4.78, 5) is 0.00766. The van der Waals surface area contributed by atoms with Crippen LogP contribution in [-0.2, 0) is 6.42 Å². The first-order valence-electron chi connectivity index (χ1n) is 10.3. The number of hydrogen-bond donors (Lipinski definition) is 0. The van der Waals surface area contributed by atoms with E-state index in [2.05, 4.69) is 0 Å². The van der Waals surface area contributed by atoms with Gasteiger partial charge in [-0.1, -0.05) is 36.1 Å². The zero-order valence-electron chi connectivity index (χ0n) is 20.3. The third-order valence-corrected chi connectivity index (χ3v) is 1.45. The third kappa shape index (κ3) is 3.24. The largest absolute Gasteiger partial charge is 0.292 e. The van der Waals surface area contributed by atoms with Crippen LogP contribution in [0.15, 0.2) is 30.2 Å². The van der Waals surface area contributed by atoms with Crippen molar-refractivity contribution in [1.29, 1.82) is 0 Å². The van der Waals surface area contributed by atoms with Crippen molar-refractivity contribution in [3.05, 3.63) is 35.8 Å². The van der Waals surface area contributed by atoms with Crippen molar-refractivity contribution in [3.8, 4) is 12.3 Å². The fourth-order valence-corrected chi connectivity index (χ4v) is 0.810. The second kappa shape index (κ2) is 5.47. The lowest BCUT2D eigenvalue weighted by atomic mass is 10.1. The zero-order valence-corrected chi connectivity index (χ0v) is 7.31. The Balaban J connectivity index is 3.69. The molecule has 0 saturated carbocycles. The fourth-order valence-electron chi connectivity index (χ4n) is 0.810. The molecule has 1 aromatic carbocycles. The summed E-state index contributed by atoms with van der Waals surface area (Å²) >= 11 is 0. The summed E-state index contributed by atoms with van der Waals surface area (Å²) in [6.07, 6.45) is 4.21. The molecule has 0 heterocycles. The molecule has 0 amide bonds. The Labute approximate surface area is 105 Å². The van der Waals surface area contributed by atoms with Crippen LogP contribution < -0.4 is 0 Å². The van der Waals surface area contributed by atoms with Crippen LogP contribution in [0, 0.1) is 12.3 Å². The lowest BCUT2D eigenvalue weighted by Crippen LogP contribution is -2.31. The fraction of sp³-hybridized carbons (Fsp3) is 0.385. The first-order chi connectivity index (χ1) is 12.0. The molecule has 0 aromatic heterocycles. The second-order valence-corrected chi connectivity index (χ2v) is 2.45. The molecule has 0 fully saturated rings. The van der Waals surface area contributed by atoms with Crippen LogP contribution in [0.25, 0.3) is 0 Å². The highest BCUT2D eigenvalue weighted by Crippen LogP contribution is 2.06. The lowest BCUT2D eigenvalue weighted by molar-refractivity contribution is 0.287. The average molecular weight is 200 g/mol. The highest BCUT2D eigenvalue weighted by molar-refractivity contribution is 5.15. The molecule has 1 atom stereocenters. The monoisotopic (exact) mass is 200 g/mol. The number of likely N-dealkylation sites (N-methyl/N-ethyl adjacent to an activating group) is 1. The average Bonchev–Trinajstić information content (AvgIpc) is 2.51. The summed E-state index contributed by atoms with van der Waals surface area (Å²) in [6.45, 7) is -9.33. The van der Waals surface area contributed by atoms with E-state index in [9.17, 15) is 0 Å². The number of terminal acetylenes is 1. The summed E-state index contributed by atoms with van der Waals surface area (Å²) < 4.78 is 99.6. The van der Waals surface area contributed by atoms with Gasteiger partial charge in [0.1, 0.15) is 0 Å². The smallest absolute Gasteiger partial charge is 0.0626 e. The van der Waals surface area contributed by atoms with Crippen LogP contribution in [0.3, 0.4) is 0 Å². The Hall–Kier alpha value is -1.26. The molecule has 0 spiro atoms. The van der Waals surface area contributed by atoms with Gasteiger partial charge in [-0.2, -0.15) is 0 Å². The van der Waals surface area contributed by atoms with Crippen LogP contribution in [0.4, 0.5) is 0 Å². The number of hydrogen-bond acceptors (Lipinski definition) is 1. The molecule has 1 rings (SSSR count). The summed E-state index contributed by atoms with van der Waals surface area (Å²) in [5.74, 6) is 1.60. The van der Waals surface area contributed by atoms with Crippen molar-refractivity contribution < 1.29 is 17.8 Å². The van der Waals surface area contributed by atoms with Gasteiger partial charge in [0, 0.05) is 14.3 Å². The molecule has 0 unspecified atom stereocenters. The van der Waals surface area contributed by atoms with Gasteiger partial charge in [-0.25, -0.2) is 0 Å². The number of rotatable bonds is 4. The molecular formula is C13H17N. The van der Waals surface area contributed by atoms with E-state index in [0.29, 0.717) is 0 Å². The van der Waals surface area contributed by atoms with Gasteiger partial charge in [-0.15, -0.1) is 6.42 Å². The molecular weight excluding hydrogens is 170 g/mol. The Morgan fingerprint density at radius 1 is 1.64 bits per heavy atom. The van der Waals surface area contributed by atoms with E-state index >= 15 is 0 Å². The molecule has 1 heteroatoms. The minimum absolute atomic E-state index is 0.00766. The van der Waals surface area contributed by atoms with E-state index in [0.717, 1.165) is 0 Å². The minimum Gasteiger partial charge on any atom is -0.292 e. The molecule has 0 saturated heterocycles. The summed E-state index contributed by atoms with van der Waals surface area (Å²) in [7, 11) is 0. The highest BCUT2D eigenvalue weighted by Gasteiger charge is 2.07. The molecule has 0 aliphatic rings. The second-order valence-electron chi connectivity index (χ2n) is 2.45. The van der Waals surface area contributed by atoms with Gasteiger partial charge < -0.3 is 0 Å². The maximum Gasteiger partial charge on any atom is 0.0626 e. The molecule has 0 radical (unpaired) electrons. The van der Waals surface area contributed by atoms with Gasteiger partial charge >= 0.3 is 0 Å². The molecule has 14 heavy (non-hydrogen) atoms. The molecule has 0 bridgehead atoms. The van der Waals surface area contributed by atoms with E-state index in [-0.39, 0.29) is 4.90 Å². The van der Waals surface area contributed by atoms with Crippen molar-refractivity contribution in [3.63, 3.8) is 0 Å². The van der Waals surface area contributed by atoms with Gasteiger partial charge in [0.25, 0.3) is 0 Å². The molecule has 1 nitrogen and oxygen atoms in total. The Kier molecular flexibility index (Phi) is 1.03. The Bertz CT molecular complexity index is 726. The maximum atomic E-state index is 7.88. The van der Waals surface area contributed by atoms with E-state index in [4.69, 9.17) is 24.2 Å². The van der Waals surface area contributed by atoms with Crippen molar-refractivity contribution in [2.24, 2.45) is 0 Å². The van der Waals surface area contributed by atoms with Gasteiger partial charge in [-0.3, -0.25) is 4.90 Å². The van der Waals surface area contributed by atoms with Gasteiger partial charge in [0.05, 0.1) is 16.1 Å². The SMILES string of the molecule is [2H]c1c([2H])c([2H])c(C[C@H](N(C([2H])([2H])[2H])C([2H])([2H])C#C)C([2H])([2H])[2H])c([2H])c1[2H]. The van der Waals surface area contributed by atoms with Crippen LogP contribution in [0.5, 0.6) is 0 Å². The van der Waals surface area contributed by atoms with E-state index in [1.54, 1.807) is 5.92 Å². The first kappa shape index (κ1) is 2.65. The lowest BCUT2D eigenvalue weighted by Gasteiger charge is -2.22. The van der Waals surface area contributed by atoms with E-state index in [1.165, 1.54) is 0 Å². The van der Waals surface area contributed by atoms with Crippen molar-refractivity contribution in [2.45, 2.75) is 19.3 Å². The Morgan fingerprint density at radius 2 is 2.43 bits per heavy atom. The molecule has 0 aliphatic heterocycles.